The number of hydrogen-bond donors (Lipinski definition) is 1. The van der Waals surface area contributed by atoms with E-state index in [1.807, 2.05) is 12.2 Å². The Morgan fingerprint density at radius 2 is 2.07 bits per heavy atom. The van der Waals surface area contributed by atoms with Crippen molar-refractivity contribution in [3.05, 3.63) is 59.3 Å². The largest absolute Gasteiger partial charge is 0.497 e. The molecule has 2 aliphatic carbocycles. The molecule has 6 nitrogen and oxygen atoms in total. The molecule has 0 fully saturated rings. The number of allylic oxidation sites excluding steroid dienone is 3. The molecule has 144 valence electrons. The van der Waals surface area contributed by atoms with Crippen molar-refractivity contribution in [2.45, 2.75) is 25.7 Å². The molecular formula is C22H22N2O4. The summed E-state index contributed by atoms with van der Waals surface area (Å²) in [6.45, 7) is -0.168. The van der Waals surface area contributed by atoms with E-state index in [9.17, 15) is 9.59 Å². The van der Waals surface area contributed by atoms with Crippen molar-refractivity contribution in [1.29, 1.82) is 0 Å². The first-order chi connectivity index (χ1) is 13.6. The van der Waals surface area contributed by atoms with Gasteiger partial charge in [-0.1, -0.05) is 12.1 Å². The number of fused-ring (bicyclic) bond motifs is 2. The van der Waals surface area contributed by atoms with Gasteiger partial charge in [0, 0.05) is 23.3 Å². The van der Waals surface area contributed by atoms with E-state index in [0.29, 0.717) is 17.2 Å². The fourth-order valence-corrected chi connectivity index (χ4v) is 3.83. The van der Waals surface area contributed by atoms with Crippen molar-refractivity contribution in [2.75, 3.05) is 13.7 Å². The number of nitrogens with one attached hydrogen (secondary N) is 1. The quantitative estimate of drug-likeness (QED) is 0.873. The second kappa shape index (κ2) is 7.84. The van der Waals surface area contributed by atoms with Gasteiger partial charge in [-0.2, -0.15) is 0 Å². The zero-order chi connectivity index (χ0) is 19.5. The van der Waals surface area contributed by atoms with Gasteiger partial charge in [-0.25, -0.2) is 4.99 Å². The number of nitrogens with zero attached hydrogens (tertiary/aromatic N) is 1. The van der Waals surface area contributed by atoms with Gasteiger partial charge in [0.2, 0.25) is 0 Å². The zero-order valence-electron chi connectivity index (χ0n) is 15.7. The van der Waals surface area contributed by atoms with Gasteiger partial charge in [-0.15, -0.1) is 0 Å². The van der Waals surface area contributed by atoms with Crippen LogP contribution >= 0.6 is 0 Å². The van der Waals surface area contributed by atoms with Gasteiger partial charge in [0.25, 0.3) is 11.8 Å². The maximum absolute atomic E-state index is 12.4. The van der Waals surface area contributed by atoms with Crippen molar-refractivity contribution >= 4 is 17.5 Å². The minimum Gasteiger partial charge on any atom is -0.497 e. The summed E-state index contributed by atoms with van der Waals surface area (Å²) in [5.74, 6) is 0.889. The molecule has 1 N–H and O–H groups in total. The molecule has 6 heteroatoms. The molecule has 0 saturated carbocycles. The lowest BCUT2D eigenvalue weighted by Gasteiger charge is -2.33. The Labute approximate surface area is 163 Å². The van der Waals surface area contributed by atoms with E-state index >= 15 is 0 Å². The van der Waals surface area contributed by atoms with Crippen molar-refractivity contribution in [2.24, 2.45) is 10.9 Å². The van der Waals surface area contributed by atoms with E-state index in [2.05, 4.69) is 10.3 Å². The summed E-state index contributed by atoms with van der Waals surface area (Å²) < 4.78 is 10.6. The van der Waals surface area contributed by atoms with Gasteiger partial charge in [-0.3, -0.25) is 9.59 Å². The number of ether oxygens (including phenoxy) is 2. The number of benzene rings is 1. The summed E-state index contributed by atoms with van der Waals surface area (Å²) >= 11 is 0. The smallest absolute Gasteiger partial charge is 0.284 e. The Balaban J connectivity index is 1.44. The second-order valence-corrected chi connectivity index (χ2v) is 7.00. The average Bonchev–Trinajstić information content (AvgIpc) is 2.72. The summed E-state index contributed by atoms with van der Waals surface area (Å²) in [7, 11) is 1.57. The van der Waals surface area contributed by atoms with Crippen LogP contribution in [0.3, 0.4) is 0 Å². The lowest BCUT2D eigenvalue weighted by Crippen LogP contribution is -2.37. The van der Waals surface area contributed by atoms with Crippen LogP contribution in [0.15, 0.2) is 64.3 Å². The number of carbonyl (C=O) groups excluding carboxylic acids is 2. The van der Waals surface area contributed by atoms with Gasteiger partial charge in [0.05, 0.1) is 12.8 Å². The molecular weight excluding hydrogens is 356 g/mol. The zero-order valence-corrected chi connectivity index (χ0v) is 15.7. The van der Waals surface area contributed by atoms with Crippen molar-refractivity contribution < 1.29 is 19.1 Å². The molecule has 0 aromatic heterocycles. The highest BCUT2D eigenvalue weighted by atomic mass is 16.5. The fraction of sp³-hybridized carbons (Fsp3) is 0.318. The van der Waals surface area contributed by atoms with Crippen LogP contribution in [0, 0.1) is 5.92 Å². The molecule has 0 bridgehead atoms. The van der Waals surface area contributed by atoms with E-state index < -0.39 is 5.91 Å². The lowest BCUT2D eigenvalue weighted by atomic mass is 9.77. The monoisotopic (exact) mass is 378 g/mol. The van der Waals surface area contributed by atoms with Crippen LogP contribution in [0.2, 0.25) is 0 Å². The van der Waals surface area contributed by atoms with Crippen molar-refractivity contribution in [1.82, 2.24) is 5.32 Å². The summed E-state index contributed by atoms with van der Waals surface area (Å²) in [6, 6.07) is 7.05. The van der Waals surface area contributed by atoms with Gasteiger partial charge < -0.3 is 14.8 Å². The minimum absolute atomic E-state index is 0.0143. The molecule has 4 rings (SSSR count). The molecule has 0 radical (unpaired) electrons. The molecule has 1 heterocycles. The van der Waals surface area contributed by atoms with E-state index in [1.54, 1.807) is 37.5 Å². The molecule has 0 spiro atoms. The highest BCUT2D eigenvalue weighted by molar-refractivity contribution is 6.11. The molecule has 1 aromatic carbocycles. The summed E-state index contributed by atoms with van der Waals surface area (Å²) in [4.78, 5) is 28.6. The van der Waals surface area contributed by atoms with Gasteiger partial charge >= 0.3 is 0 Å². The van der Waals surface area contributed by atoms with Crippen LogP contribution in [0.4, 0.5) is 0 Å². The van der Waals surface area contributed by atoms with E-state index in [1.165, 1.54) is 5.57 Å². The third-order valence-electron chi connectivity index (χ3n) is 5.17. The van der Waals surface area contributed by atoms with Crippen LogP contribution in [-0.2, 0) is 9.59 Å². The molecule has 1 atom stereocenters. The molecule has 2 amide bonds. The number of aliphatic imine (C=N–C) groups is 1. The molecule has 1 aliphatic heterocycles. The Hall–Kier alpha value is -3.15. The normalized spacial score (nSPS) is 22.2. The molecule has 28 heavy (non-hydrogen) atoms. The number of methoxy groups -OCH3 is 1. The maximum atomic E-state index is 12.4. The predicted molar refractivity (Wildman–Crippen MR) is 105 cm³/mol. The third-order valence-corrected chi connectivity index (χ3v) is 5.17. The second-order valence-electron chi connectivity index (χ2n) is 7.00. The summed E-state index contributed by atoms with van der Waals surface area (Å²) in [5.41, 5.74) is 3.46. The number of carbonyl (C=O) groups is 2. The van der Waals surface area contributed by atoms with Gasteiger partial charge in [0.15, 0.2) is 6.61 Å². The van der Waals surface area contributed by atoms with Crippen molar-refractivity contribution in [3.8, 4) is 11.5 Å². The van der Waals surface area contributed by atoms with Gasteiger partial charge in [-0.05, 0) is 55.5 Å². The topological polar surface area (TPSA) is 77.0 Å². The Bertz CT molecular complexity index is 940. The first kappa shape index (κ1) is 18.2. The fourth-order valence-electron chi connectivity index (χ4n) is 3.83. The third kappa shape index (κ3) is 3.76. The average molecular weight is 378 g/mol. The minimum atomic E-state index is -0.391. The number of hydrogen-bond acceptors (Lipinski definition) is 4. The van der Waals surface area contributed by atoms with E-state index in [0.717, 1.165) is 37.0 Å². The van der Waals surface area contributed by atoms with Crippen molar-refractivity contribution in [3.63, 3.8) is 0 Å². The molecule has 0 saturated heterocycles. The number of amides is 2. The Morgan fingerprint density at radius 1 is 1.25 bits per heavy atom. The first-order valence-corrected chi connectivity index (χ1v) is 9.45. The first-order valence-electron chi connectivity index (χ1n) is 9.45. The van der Waals surface area contributed by atoms with Crippen LogP contribution in [0.25, 0.3) is 0 Å². The molecule has 1 aromatic rings. The van der Waals surface area contributed by atoms with E-state index in [-0.39, 0.29) is 18.4 Å². The Morgan fingerprint density at radius 3 is 2.93 bits per heavy atom. The van der Waals surface area contributed by atoms with Gasteiger partial charge in [0.1, 0.15) is 11.5 Å². The standard InChI is InChI=1S/C22H22N2O4/c1-27-15-5-4-6-16(12-15)28-13-21(25)23-14-9-10-18-17-7-2-3-8-19(17)22(26)24-20(18)11-14/h4-6,9-12,18H,2-3,7-8,13H2,1H3,(H,24,26). The summed E-state index contributed by atoms with van der Waals surface area (Å²) in [6.07, 6.45) is 9.62. The molecule has 1 unspecified atom stereocenters. The summed E-state index contributed by atoms with van der Waals surface area (Å²) in [5, 5.41) is 2.97. The molecule has 3 aliphatic rings. The number of rotatable bonds is 4. The van der Waals surface area contributed by atoms with E-state index in [4.69, 9.17) is 9.47 Å². The highest BCUT2D eigenvalue weighted by Crippen LogP contribution is 2.38. The van der Waals surface area contributed by atoms with Crippen LogP contribution < -0.4 is 14.8 Å². The van der Waals surface area contributed by atoms with Crippen LogP contribution in [0.1, 0.15) is 25.7 Å². The lowest BCUT2D eigenvalue weighted by molar-refractivity contribution is -0.119. The Kier molecular flexibility index (Phi) is 5.10. The van der Waals surface area contributed by atoms with Crippen LogP contribution in [-0.4, -0.2) is 31.2 Å². The predicted octanol–water partition coefficient (Wildman–Crippen LogP) is 3.11. The maximum Gasteiger partial charge on any atom is 0.284 e. The SMILES string of the molecule is COc1cccc(OCC(=O)N=C2C=CC3C(=C2)NC(=O)C2=C3CCCC2)c1. The highest BCUT2D eigenvalue weighted by Gasteiger charge is 2.33. The van der Waals surface area contributed by atoms with Crippen LogP contribution in [0.5, 0.6) is 11.5 Å².